The van der Waals surface area contributed by atoms with Gasteiger partial charge in [-0.25, -0.2) is 9.78 Å². The highest BCUT2D eigenvalue weighted by Gasteiger charge is 2.29. The number of ether oxygens (including phenoxy) is 1. The zero-order valence-corrected chi connectivity index (χ0v) is 14.9. The fourth-order valence-corrected chi connectivity index (χ4v) is 3.54. The first-order valence-corrected chi connectivity index (χ1v) is 9.33. The van der Waals surface area contributed by atoms with Gasteiger partial charge in [-0.3, -0.25) is 0 Å². The van der Waals surface area contributed by atoms with Gasteiger partial charge in [0, 0.05) is 35.7 Å². The van der Waals surface area contributed by atoms with Crippen molar-refractivity contribution >= 4 is 22.0 Å². The van der Waals surface area contributed by atoms with Crippen molar-refractivity contribution in [3.63, 3.8) is 0 Å². The zero-order chi connectivity index (χ0) is 16.1. The number of carbonyl (C=O) groups excluding carboxylic acids is 1. The maximum absolute atomic E-state index is 12.4. The van der Waals surface area contributed by atoms with E-state index >= 15 is 0 Å². The number of carbonyl (C=O) groups is 1. The lowest BCUT2D eigenvalue weighted by atomic mass is 10.1. The largest absolute Gasteiger partial charge is 0.472 e. The Morgan fingerprint density at radius 3 is 2.70 bits per heavy atom. The molecule has 0 aromatic carbocycles. The van der Waals surface area contributed by atoms with Gasteiger partial charge in [0.25, 0.3) is 0 Å². The van der Waals surface area contributed by atoms with Crippen molar-refractivity contribution in [1.29, 1.82) is 0 Å². The third-order valence-corrected chi connectivity index (χ3v) is 5.07. The van der Waals surface area contributed by atoms with Gasteiger partial charge in [-0.1, -0.05) is 25.7 Å². The molecule has 1 aliphatic heterocycles. The van der Waals surface area contributed by atoms with E-state index in [-0.39, 0.29) is 12.1 Å². The molecular formula is C17H24BrN3O2. The maximum atomic E-state index is 12.4. The molecule has 1 saturated carbocycles. The van der Waals surface area contributed by atoms with E-state index in [0.29, 0.717) is 18.5 Å². The van der Waals surface area contributed by atoms with E-state index in [0.717, 1.165) is 30.3 Å². The molecular weight excluding hydrogens is 358 g/mol. The van der Waals surface area contributed by atoms with Gasteiger partial charge in [0.05, 0.1) is 6.54 Å². The van der Waals surface area contributed by atoms with Crippen molar-refractivity contribution in [1.82, 2.24) is 15.2 Å². The lowest BCUT2D eigenvalue weighted by molar-refractivity contribution is 0.180. The second-order valence-electron chi connectivity index (χ2n) is 6.43. The average molecular weight is 382 g/mol. The summed E-state index contributed by atoms with van der Waals surface area (Å²) in [7, 11) is 0. The third kappa shape index (κ3) is 4.83. The van der Waals surface area contributed by atoms with E-state index in [1.54, 1.807) is 6.20 Å². The van der Waals surface area contributed by atoms with E-state index < -0.39 is 0 Å². The molecule has 0 spiro atoms. The standard InChI is InChI=1S/C17H24BrN3O2/c18-13-7-8-16(19-11-13)23-15-9-10-21(12-15)17(22)20-14-5-3-1-2-4-6-14/h7-8,11,14-15H,1-6,9-10,12H2,(H,20,22). The number of likely N-dealkylation sites (tertiary alicyclic amines) is 1. The molecule has 1 aromatic rings. The summed E-state index contributed by atoms with van der Waals surface area (Å²) in [4.78, 5) is 18.5. The Morgan fingerprint density at radius 1 is 1.22 bits per heavy atom. The number of rotatable bonds is 3. The number of hydrogen-bond acceptors (Lipinski definition) is 3. The SMILES string of the molecule is O=C(NC1CCCCCC1)N1CCC(Oc2ccc(Br)cn2)C1. The number of halogens is 1. The monoisotopic (exact) mass is 381 g/mol. The van der Waals surface area contributed by atoms with Gasteiger partial charge in [-0.05, 0) is 34.8 Å². The van der Waals surface area contributed by atoms with Gasteiger partial charge >= 0.3 is 6.03 Å². The summed E-state index contributed by atoms with van der Waals surface area (Å²) in [5.74, 6) is 0.615. The van der Waals surface area contributed by atoms with Crippen LogP contribution in [0.2, 0.25) is 0 Å². The molecule has 2 heterocycles. The van der Waals surface area contributed by atoms with Crippen molar-refractivity contribution in [2.45, 2.75) is 57.1 Å². The quantitative estimate of drug-likeness (QED) is 0.811. The molecule has 126 valence electrons. The van der Waals surface area contributed by atoms with Gasteiger partial charge in [0.1, 0.15) is 6.10 Å². The molecule has 6 heteroatoms. The van der Waals surface area contributed by atoms with Crippen molar-refractivity contribution < 1.29 is 9.53 Å². The summed E-state index contributed by atoms with van der Waals surface area (Å²) in [6, 6.07) is 4.16. The Morgan fingerprint density at radius 2 is 2.00 bits per heavy atom. The molecule has 2 amide bonds. The minimum atomic E-state index is 0.0311. The normalized spacial score (nSPS) is 22.7. The Kier molecular flexibility index (Phi) is 5.75. The van der Waals surface area contributed by atoms with Gasteiger partial charge in [-0.2, -0.15) is 0 Å². The van der Waals surface area contributed by atoms with Crippen LogP contribution < -0.4 is 10.1 Å². The van der Waals surface area contributed by atoms with Crippen LogP contribution in [0, 0.1) is 0 Å². The predicted octanol–water partition coefficient (Wildman–Crippen LogP) is 3.73. The number of hydrogen-bond donors (Lipinski definition) is 1. The molecule has 0 radical (unpaired) electrons. The predicted molar refractivity (Wildman–Crippen MR) is 92.6 cm³/mol. The zero-order valence-electron chi connectivity index (χ0n) is 13.3. The van der Waals surface area contributed by atoms with E-state index in [9.17, 15) is 4.79 Å². The number of pyridine rings is 1. The third-order valence-electron chi connectivity index (χ3n) is 4.60. The Balaban J connectivity index is 1.46. The van der Waals surface area contributed by atoms with Crippen LogP contribution in [0.3, 0.4) is 0 Å². The maximum Gasteiger partial charge on any atom is 0.317 e. The van der Waals surface area contributed by atoms with E-state index in [2.05, 4.69) is 26.2 Å². The van der Waals surface area contributed by atoms with Gasteiger partial charge in [0.15, 0.2) is 0 Å². The lowest BCUT2D eigenvalue weighted by Gasteiger charge is -2.22. The van der Waals surface area contributed by atoms with Crippen LogP contribution in [0.1, 0.15) is 44.9 Å². The van der Waals surface area contributed by atoms with Crippen molar-refractivity contribution in [2.75, 3.05) is 13.1 Å². The second-order valence-corrected chi connectivity index (χ2v) is 7.34. The Hall–Kier alpha value is -1.30. The average Bonchev–Trinajstić information content (AvgIpc) is 2.86. The van der Waals surface area contributed by atoms with Crippen molar-refractivity contribution in [3.8, 4) is 5.88 Å². The summed E-state index contributed by atoms with van der Waals surface area (Å²) in [6.45, 7) is 1.38. The molecule has 1 unspecified atom stereocenters. The fourth-order valence-electron chi connectivity index (χ4n) is 3.30. The highest BCUT2D eigenvalue weighted by Crippen LogP contribution is 2.20. The van der Waals surface area contributed by atoms with E-state index in [1.807, 2.05) is 17.0 Å². The highest BCUT2D eigenvalue weighted by molar-refractivity contribution is 9.10. The molecule has 1 aromatic heterocycles. The summed E-state index contributed by atoms with van der Waals surface area (Å²) >= 11 is 3.36. The molecule has 0 bridgehead atoms. The van der Waals surface area contributed by atoms with Crippen LogP contribution in [0.15, 0.2) is 22.8 Å². The van der Waals surface area contributed by atoms with Crippen LogP contribution in [0.5, 0.6) is 5.88 Å². The summed E-state index contributed by atoms with van der Waals surface area (Å²) in [5.41, 5.74) is 0. The van der Waals surface area contributed by atoms with E-state index in [1.165, 1.54) is 25.7 Å². The summed E-state index contributed by atoms with van der Waals surface area (Å²) in [6.07, 6.45) is 9.89. The Bertz CT molecular complexity index is 515. The fraction of sp³-hybridized carbons (Fsp3) is 0.647. The van der Waals surface area contributed by atoms with Gasteiger partial charge < -0.3 is 15.0 Å². The number of amides is 2. The first-order chi connectivity index (χ1) is 11.2. The highest BCUT2D eigenvalue weighted by atomic mass is 79.9. The first kappa shape index (κ1) is 16.6. The minimum absolute atomic E-state index is 0.0311. The van der Waals surface area contributed by atoms with Crippen LogP contribution in [-0.2, 0) is 0 Å². The smallest absolute Gasteiger partial charge is 0.317 e. The summed E-state index contributed by atoms with van der Waals surface area (Å²) < 4.78 is 6.80. The molecule has 23 heavy (non-hydrogen) atoms. The van der Waals surface area contributed by atoms with Crippen LogP contribution >= 0.6 is 15.9 Å². The molecule has 1 atom stereocenters. The number of urea groups is 1. The Labute approximate surface area is 145 Å². The molecule has 2 fully saturated rings. The topological polar surface area (TPSA) is 54.5 Å². The molecule has 5 nitrogen and oxygen atoms in total. The summed E-state index contributed by atoms with van der Waals surface area (Å²) in [5, 5.41) is 3.20. The van der Waals surface area contributed by atoms with Crippen molar-refractivity contribution in [2.24, 2.45) is 0 Å². The van der Waals surface area contributed by atoms with E-state index in [4.69, 9.17) is 4.74 Å². The molecule has 1 saturated heterocycles. The molecule has 1 aliphatic carbocycles. The molecule has 3 rings (SSSR count). The first-order valence-electron chi connectivity index (χ1n) is 8.54. The van der Waals surface area contributed by atoms with Gasteiger partial charge in [0.2, 0.25) is 5.88 Å². The minimum Gasteiger partial charge on any atom is -0.472 e. The van der Waals surface area contributed by atoms with Gasteiger partial charge in [-0.15, -0.1) is 0 Å². The second kappa shape index (κ2) is 7.99. The number of nitrogens with zero attached hydrogens (tertiary/aromatic N) is 2. The van der Waals surface area contributed by atoms with Crippen molar-refractivity contribution in [3.05, 3.63) is 22.8 Å². The molecule has 2 aliphatic rings. The van der Waals surface area contributed by atoms with Crippen LogP contribution in [-0.4, -0.2) is 41.2 Å². The lowest BCUT2D eigenvalue weighted by Crippen LogP contribution is -2.44. The van der Waals surface area contributed by atoms with Crippen LogP contribution in [0.4, 0.5) is 4.79 Å². The van der Waals surface area contributed by atoms with Crippen LogP contribution in [0.25, 0.3) is 0 Å². The molecule has 1 N–H and O–H groups in total. The number of aromatic nitrogens is 1. The number of nitrogens with one attached hydrogen (secondary N) is 1.